The van der Waals surface area contributed by atoms with E-state index in [2.05, 4.69) is 10.3 Å². The van der Waals surface area contributed by atoms with Gasteiger partial charge in [-0.15, -0.1) is 0 Å². The molecule has 3 aromatic rings. The number of amides is 1. The van der Waals surface area contributed by atoms with Crippen LogP contribution in [0.1, 0.15) is 23.0 Å². The van der Waals surface area contributed by atoms with Crippen molar-refractivity contribution in [2.45, 2.75) is 12.5 Å². The molecule has 2 atom stereocenters. The van der Waals surface area contributed by atoms with Gasteiger partial charge in [-0.2, -0.15) is 0 Å². The van der Waals surface area contributed by atoms with Gasteiger partial charge in [-0.1, -0.05) is 23.7 Å². The number of carbonyl (C=O) groups is 1. The summed E-state index contributed by atoms with van der Waals surface area (Å²) in [6.45, 7) is 0.275. The molecule has 2 heterocycles. The number of halogens is 2. The summed E-state index contributed by atoms with van der Waals surface area (Å²) in [7, 11) is 1.84. The van der Waals surface area contributed by atoms with Crippen LogP contribution in [0.5, 0.6) is 5.75 Å². The first-order chi connectivity index (χ1) is 13.5. The number of hydrogen-bond donors (Lipinski definition) is 1. The SMILES string of the molecule is Cn1ccnc1C(NC(=O)C1COc2ccc(Cl)cc2C1)c1cccc(F)c1. The van der Waals surface area contributed by atoms with E-state index in [9.17, 15) is 9.18 Å². The smallest absolute Gasteiger partial charge is 0.227 e. The van der Waals surface area contributed by atoms with E-state index < -0.39 is 6.04 Å². The van der Waals surface area contributed by atoms with Crippen molar-refractivity contribution in [2.24, 2.45) is 13.0 Å². The third-order valence-electron chi connectivity index (χ3n) is 4.88. The van der Waals surface area contributed by atoms with Crippen LogP contribution in [-0.4, -0.2) is 22.1 Å². The monoisotopic (exact) mass is 399 g/mol. The van der Waals surface area contributed by atoms with Gasteiger partial charge in [-0.05, 0) is 47.9 Å². The van der Waals surface area contributed by atoms with Gasteiger partial charge in [0, 0.05) is 24.5 Å². The topological polar surface area (TPSA) is 56.2 Å². The zero-order valence-electron chi connectivity index (χ0n) is 15.2. The first-order valence-corrected chi connectivity index (χ1v) is 9.33. The van der Waals surface area contributed by atoms with Gasteiger partial charge in [0.15, 0.2) is 0 Å². The lowest BCUT2D eigenvalue weighted by Crippen LogP contribution is -2.40. The third-order valence-corrected chi connectivity index (χ3v) is 5.12. The van der Waals surface area contributed by atoms with Crippen molar-refractivity contribution in [1.29, 1.82) is 0 Å². The van der Waals surface area contributed by atoms with E-state index in [1.807, 2.05) is 23.7 Å². The average Bonchev–Trinajstić information content (AvgIpc) is 3.11. The average molecular weight is 400 g/mol. The molecule has 0 aliphatic carbocycles. The predicted molar refractivity (Wildman–Crippen MR) is 104 cm³/mol. The van der Waals surface area contributed by atoms with Crippen LogP contribution in [0.3, 0.4) is 0 Å². The molecular formula is C21H19ClFN3O2. The second-order valence-corrected chi connectivity index (χ2v) is 7.29. The molecule has 1 amide bonds. The van der Waals surface area contributed by atoms with E-state index >= 15 is 0 Å². The highest BCUT2D eigenvalue weighted by atomic mass is 35.5. The quantitative estimate of drug-likeness (QED) is 0.728. The van der Waals surface area contributed by atoms with Crippen LogP contribution < -0.4 is 10.1 Å². The summed E-state index contributed by atoms with van der Waals surface area (Å²) in [5.74, 6) is 0.457. The summed E-state index contributed by atoms with van der Waals surface area (Å²) in [6.07, 6.45) is 3.96. The molecule has 1 N–H and O–H groups in total. The van der Waals surface area contributed by atoms with E-state index in [0.717, 1.165) is 11.3 Å². The Morgan fingerprint density at radius 3 is 2.96 bits per heavy atom. The van der Waals surface area contributed by atoms with E-state index in [0.29, 0.717) is 22.8 Å². The van der Waals surface area contributed by atoms with Gasteiger partial charge in [0.1, 0.15) is 30.0 Å². The lowest BCUT2D eigenvalue weighted by atomic mass is 9.95. The molecule has 1 aliphatic rings. The first-order valence-electron chi connectivity index (χ1n) is 8.95. The van der Waals surface area contributed by atoms with Crippen molar-refractivity contribution >= 4 is 17.5 Å². The summed E-state index contributed by atoms with van der Waals surface area (Å²) >= 11 is 6.07. The Bertz CT molecular complexity index is 1020. The maximum atomic E-state index is 13.8. The lowest BCUT2D eigenvalue weighted by Gasteiger charge is -2.27. The molecule has 2 unspecified atom stereocenters. The summed E-state index contributed by atoms with van der Waals surface area (Å²) in [5.41, 5.74) is 1.53. The largest absolute Gasteiger partial charge is 0.492 e. The molecule has 0 radical (unpaired) electrons. The van der Waals surface area contributed by atoms with Crippen LogP contribution in [-0.2, 0) is 18.3 Å². The number of benzene rings is 2. The first kappa shape index (κ1) is 18.5. The molecule has 0 saturated carbocycles. The van der Waals surface area contributed by atoms with Crippen LogP contribution in [0.2, 0.25) is 5.02 Å². The minimum absolute atomic E-state index is 0.178. The van der Waals surface area contributed by atoms with Crippen molar-refractivity contribution in [2.75, 3.05) is 6.61 Å². The van der Waals surface area contributed by atoms with E-state index in [-0.39, 0.29) is 24.2 Å². The highest BCUT2D eigenvalue weighted by Crippen LogP contribution is 2.30. The fourth-order valence-corrected chi connectivity index (χ4v) is 3.62. The van der Waals surface area contributed by atoms with Gasteiger partial charge in [0.25, 0.3) is 0 Å². The van der Waals surface area contributed by atoms with E-state index in [1.165, 1.54) is 12.1 Å². The Morgan fingerprint density at radius 1 is 1.36 bits per heavy atom. The molecular weight excluding hydrogens is 381 g/mol. The minimum atomic E-state index is -0.566. The molecule has 1 aliphatic heterocycles. The number of ether oxygens (including phenoxy) is 1. The van der Waals surface area contributed by atoms with E-state index in [1.54, 1.807) is 30.6 Å². The Hall–Kier alpha value is -2.86. The Morgan fingerprint density at radius 2 is 2.21 bits per heavy atom. The Labute approximate surface area is 167 Å². The van der Waals surface area contributed by atoms with Crippen molar-refractivity contribution in [3.05, 3.63) is 82.6 Å². The fourth-order valence-electron chi connectivity index (χ4n) is 3.43. The summed E-state index contributed by atoms with van der Waals surface area (Å²) < 4.78 is 21.3. The van der Waals surface area contributed by atoms with Crippen molar-refractivity contribution in [3.8, 4) is 5.75 Å². The minimum Gasteiger partial charge on any atom is -0.492 e. The highest BCUT2D eigenvalue weighted by Gasteiger charge is 2.29. The molecule has 144 valence electrons. The Kier molecular flexibility index (Phi) is 5.05. The van der Waals surface area contributed by atoms with Gasteiger partial charge in [0.2, 0.25) is 5.91 Å². The molecule has 2 aromatic carbocycles. The maximum absolute atomic E-state index is 13.8. The van der Waals surface area contributed by atoms with E-state index in [4.69, 9.17) is 16.3 Å². The number of aryl methyl sites for hydroxylation is 1. The van der Waals surface area contributed by atoms with Crippen LogP contribution in [0.4, 0.5) is 4.39 Å². The van der Waals surface area contributed by atoms with Gasteiger partial charge in [-0.3, -0.25) is 4.79 Å². The number of nitrogens with one attached hydrogen (secondary N) is 1. The van der Waals surface area contributed by atoms with Gasteiger partial charge >= 0.3 is 0 Å². The number of carbonyl (C=O) groups excluding carboxylic acids is 1. The third kappa shape index (κ3) is 3.73. The molecule has 0 fully saturated rings. The second kappa shape index (κ2) is 7.64. The van der Waals surface area contributed by atoms with Crippen LogP contribution >= 0.6 is 11.6 Å². The number of hydrogen-bond acceptors (Lipinski definition) is 3. The van der Waals surface area contributed by atoms with Crippen LogP contribution in [0.15, 0.2) is 54.9 Å². The summed E-state index contributed by atoms with van der Waals surface area (Å²) in [4.78, 5) is 17.4. The highest BCUT2D eigenvalue weighted by molar-refractivity contribution is 6.30. The summed E-state index contributed by atoms with van der Waals surface area (Å²) in [5, 5.41) is 3.62. The zero-order valence-corrected chi connectivity index (χ0v) is 16.0. The fraction of sp³-hybridized carbons (Fsp3) is 0.238. The molecule has 5 nitrogen and oxygen atoms in total. The molecule has 0 saturated heterocycles. The number of aromatic nitrogens is 2. The lowest BCUT2D eigenvalue weighted by molar-refractivity contribution is -0.126. The summed E-state index contributed by atoms with van der Waals surface area (Å²) in [6, 6.07) is 11.0. The van der Waals surface area contributed by atoms with Crippen molar-refractivity contribution in [3.63, 3.8) is 0 Å². The Balaban J connectivity index is 1.59. The molecule has 4 rings (SSSR count). The van der Waals surface area contributed by atoms with Gasteiger partial charge < -0.3 is 14.6 Å². The normalized spacial score (nSPS) is 16.8. The molecule has 0 spiro atoms. The molecule has 28 heavy (non-hydrogen) atoms. The van der Waals surface area contributed by atoms with Gasteiger partial charge in [0.05, 0.1) is 5.92 Å². The van der Waals surface area contributed by atoms with Crippen LogP contribution in [0, 0.1) is 11.7 Å². The van der Waals surface area contributed by atoms with Crippen molar-refractivity contribution in [1.82, 2.24) is 14.9 Å². The molecule has 0 bridgehead atoms. The number of imidazole rings is 1. The predicted octanol–water partition coefficient (Wildman–Crippen LogP) is 3.67. The number of fused-ring (bicyclic) bond motifs is 1. The number of nitrogens with zero attached hydrogens (tertiary/aromatic N) is 2. The maximum Gasteiger partial charge on any atom is 0.227 e. The van der Waals surface area contributed by atoms with Gasteiger partial charge in [-0.25, -0.2) is 9.37 Å². The standard InChI is InChI=1S/C21H19ClFN3O2/c1-26-8-7-24-20(26)19(13-3-2-4-17(23)11-13)25-21(27)15-9-14-10-16(22)5-6-18(14)28-12-15/h2-8,10-11,15,19H,9,12H2,1H3,(H,25,27). The molecule has 7 heteroatoms. The zero-order chi connectivity index (χ0) is 19.7. The van der Waals surface area contributed by atoms with Crippen molar-refractivity contribution < 1.29 is 13.9 Å². The van der Waals surface area contributed by atoms with Crippen LogP contribution in [0.25, 0.3) is 0 Å². The molecule has 1 aromatic heterocycles. The number of rotatable bonds is 4. The second-order valence-electron chi connectivity index (χ2n) is 6.86.